The molecule has 0 fully saturated rings. The van der Waals surface area contributed by atoms with Gasteiger partial charge in [-0.15, -0.1) is 0 Å². The molecular formula is C19H29NO4. The number of aldehydes is 1. The first-order chi connectivity index (χ1) is 11.2. The normalized spacial score (nSPS) is 12.6. The lowest BCUT2D eigenvalue weighted by atomic mass is 10.0. The third-order valence-corrected chi connectivity index (χ3v) is 3.41. The Morgan fingerprint density at radius 3 is 2.21 bits per heavy atom. The molecule has 0 spiro atoms. The summed E-state index contributed by atoms with van der Waals surface area (Å²) >= 11 is 0. The van der Waals surface area contributed by atoms with Crippen LogP contribution >= 0.6 is 0 Å². The molecule has 0 aliphatic heterocycles. The van der Waals surface area contributed by atoms with Crippen molar-refractivity contribution in [1.82, 2.24) is 4.90 Å². The number of carbonyl (C=O) groups excluding carboxylic acids is 2. The lowest BCUT2D eigenvalue weighted by Gasteiger charge is -2.31. The quantitative estimate of drug-likeness (QED) is 0.706. The van der Waals surface area contributed by atoms with Crippen LogP contribution in [0, 0.1) is 5.92 Å². The van der Waals surface area contributed by atoms with E-state index in [0.29, 0.717) is 18.9 Å². The minimum absolute atomic E-state index is 0.293. The molecule has 0 aliphatic rings. The van der Waals surface area contributed by atoms with Crippen LogP contribution in [0.3, 0.4) is 0 Å². The first kappa shape index (κ1) is 20.0. The first-order valence-corrected chi connectivity index (χ1v) is 8.24. The molecule has 1 rings (SSSR count). The third kappa shape index (κ3) is 6.60. The molecule has 0 heterocycles. The van der Waals surface area contributed by atoms with E-state index in [1.165, 1.54) is 4.90 Å². The van der Waals surface area contributed by atoms with Crippen LogP contribution in [-0.4, -0.2) is 36.0 Å². The molecule has 0 unspecified atom stereocenters. The van der Waals surface area contributed by atoms with Crippen LogP contribution in [0.25, 0.3) is 0 Å². The summed E-state index contributed by atoms with van der Waals surface area (Å²) in [5, 5.41) is 0. The fraction of sp³-hybridized carbons (Fsp3) is 0.579. The molecule has 1 aromatic rings. The average Bonchev–Trinajstić information content (AvgIpc) is 2.49. The number of ether oxygens (including phenoxy) is 2. The largest absolute Gasteiger partial charge is 0.497 e. The summed E-state index contributed by atoms with van der Waals surface area (Å²) in [7, 11) is 1.60. The van der Waals surface area contributed by atoms with Gasteiger partial charge in [0.25, 0.3) is 0 Å². The van der Waals surface area contributed by atoms with Crippen molar-refractivity contribution < 1.29 is 19.1 Å². The van der Waals surface area contributed by atoms with Gasteiger partial charge in [-0.1, -0.05) is 26.0 Å². The molecule has 5 nitrogen and oxygen atoms in total. The summed E-state index contributed by atoms with van der Waals surface area (Å²) in [5.74, 6) is 1.04. The molecule has 0 saturated heterocycles. The molecule has 24 heavy (non-hydrogen) atoms. The van der Waals surface area contributed by atoms with E-state index in [4.69, 9.17) is 9.47 Å². The second-order valence-electron chi connectivity index (χ2n) is 7.29. The molecule has 1 amide bonds. The van der Waals surface area contributed by atoms with Crippen LogP contribution in [0.4, 0.5) is 4.79 Å². The van der Waals surface area contributed by atoms with Crippen molar-refractivity contribution in [2.45, 2.75) is 59.2 Å². The predicted octanol–water partition coefficient (Wildman–Crippen LogP) is 4.05. The number of carbonyl (C=O) groups is 2. The van der Waals surface area contributed by atoms with Crippen LogP contribution < -0.4 is 4.74 Å². The van der Waals surface area contributed by atoms with Crippen molar-refractivity contribution in [3.05, 3.63) is 29.8 Å². The van der Waals surface area contributed by atoms with E-state index in [1.807, 2.05) is 58.9 Å². The zero-order valence-corrected chi connectivity index (χ0v) is 15.5. The van der Waals surface area contributed by atoms with Crippen LogP contribution in [0.5, 0.6) is 5.75 Å². The summed E-state index contributed by atoms with van der Waals surface area (Å²) < 4.78 is 10.6. The summed E-state index contributed by atoms with van der Waals surface area (Å²) in [6, 6.07) is 6.92. The smallest absolute Gasteiger partial charge is 0.411 e. The second kappa shape index (κ2) is 8.71. The number of hydrogen-bond donors (Lipinski definition) is 0. The molecule has 134 valence electrons. The highest BCUT2D eigenvalue weighted by atomic mass is 16.6. The fourth-order valence-corrected chi connectivity index (χ4v) is 2.30. The Labute approximate surface area is 144 Å². The van der Waals surface area contributed by atoms with Crippen molar-refractivity contribution in [2.24, 2.45) is 5.92 Å². The Balaban J connectivity index is 3.01. The first-order valence-electron chi connectivity index (χ1n) is 8.24. The van der Waals surface area contributed by atoms with Gasteiger partial charge in [-0.3, -0.25) is 4.90 Å². The monoisotopic (exact) mass is 335 g/mol. The Morgan fingerprint density at radius 2 is 1.79 bits per heavy atom. The van der Waals surface area contributed by atoms with Crippen molar-refractivity contribution in [3.63, 3.8) is 0 Å². The highest BCUT2D eigenvalue weighted by Gasteiger charge is 2.28. The molecule has 0 radical (unpaired) electrons. The van der Waals surface area contributed by atoms with Gasteiger partial charge in [0, 0.05) is 6.54 Å². The van der Waals surface area contributed by atoms with Crippen molar-refractivity contribution in [1.29, 1.82) is 0 Å². The number of hydrogen-bond acceptors (Lipinski definition) is 4. The molecule has 0 bridgehead atoms. The van der Waals surface area contributed by atoms with Gasteiger partial charge >= 0.3 is 6.09 Å². The molecule has 0 saturated carbocycles. The van der Waals surface area contributed by atoms with Crippen LogP contribution in [0.15, 0.2) is 24.3 Å². The highest BCUT2D eigenvalue weighted by Crippen LogP contribution is 2.20. The maximum atomic E-state index is 12.6. The molecule has 1 atom stereocenters. The van der Waals surface area contributed by atoms with Gasteiger partial charge < -0.3 is 14.3 Å². The van der Waals surface area contributed by atoms with E-state index < -0.39 is 17.7 Å². The highest BCUT2D eigenvalue weighted by molar-refractivity contribution is 5.73. The SMILES string of the molecule is COc1ccc(CN(C(=O)OC(C)(C)C)[C@H](C=O)CC(C)C)cc1. The van der Waals surface area contributed by atoms with Crippen molar-refractivity contribution >= 4 is 12.4 Å². The van der Waals surface area contributed by atoms with Gasteiger partial charge in [0.15, 0.2) is 0 Å². The predicted molar refractivity (Wildman–Crippen MR) is 94.1 cm³/mol. The Morgan fingerprint density at radius 1 is 1.21 bits per heavy atom. The van der Waals surface area contributed by atoms with Gasteiger partial charge in [-0.25, -0.2) is 4.79 Å². The van der Waals surface area contributed by atoms with Gasteiger partial charge in [0.2, 0.25) is 0 Å². The van der Waals surface area contributed by atoms with Gasteiger partial charge in [0.1, 0.15) is 17.6 Å². The maximum Gasteiger partial charge on any atom is 0.411 e. The third-order valence-electron chi connectivity index (χ3n) is 3.41. The van der Waals surface area contributed by atoms with E-state index in [0.717, 1.165) is 17.6 Å². The van der Waals surface area contributed by atoms with Crippen LogP contribution in [0.2, 0.25) is 0 Å². The van der Waals surface area contributed by atoms with Crippen LogP contribution in [-0.2, 0) is 16.1 Å². The number of nitrogens with zero attached hydrogens (tertiary/aromatic N) is 1. The summed E-state index contributed by atoms with van der Waals surface area (Å²) in [6.07, 6.45) is 0.947. The zero-order chi connectivity index (χ0) is 18.3. The maximum absolute atomic E-state index is 12.6. The average molecular weight is 335 g/mol. The molecule has 1 aromatic carbocycles. The summed E-state index contributed by atoms with van der Waals surface area (Å²) in [4.78, 5) is 25.7. The molecule has 0 aromatic heterocycles. The summed E-state index contributed by atoms with van der Waals surface area (Å²) in [5.41, 5.74) is 0.304. The lowest BCUT2D eigenvalue weighted by molar-refractivity contribution is -0.113. The molecular weight excluding hydrogens is 306 g/mol. The Bertz CT molecular complexity index is 531. The van der Waals surface area contributed by atoms with Crippen molar-refractivity contribution in [2.75, 3.05) is 7.11 Å². The topological polar surface area (TPSA) is 55.8 Å². The van der Waals surface area contributed by atoms with E-state index >= 15 is 0 Å². The molecule has 5 heteroatoms. The zero-order valence-electron chi connectivity index (χ0n) is 15.5. The number of rotatable bonds is 7. The Hall–Kier alpha value is -2.04. The number of amides is 1. The number of methoxy groups -OCH3 is 1. The van der Waals surface area contributed by atoms with Gasteiger partial charge in [0.05, 0.1) is 13.2 Å². The van der Waals surface area contributed by atoms with Crippen molar-refractivity contribution in [3.8, 4) is 5.75 Å². The second-order valence-corrected chi connectivity index (χ2v) is 7.29. The minimum atomic E-state index is -0.611. The molecule has 0 aliphatic carbocycles. The van der Waals surface area contributed by atoms with E-state index in [1.54, 1.807) is 7.11 Å². The number of benzene rings is 1. The van der Waals surface area contributed by atoms with E-state index in [2.05, 4.69) is 0 Å². The fourth-order valence-electron chi connectivity index (χ4n) is 2.30. The lowest BCUT2D eigenvalue weighted by Crippen LogP contribution is -2.44. The molecule has 0 N–H and O–H groups in total. The Kier molecular flexibility index (Phi) is 7.26. The van der Waals surface area contributed by atoms with Gasteiger partial charge in [-0.2, -0.15) is 0 Å². The summed E-state index contributed by atoms with van der Waals surface area (Å²) in [6.45, 7) is 9.81. The van der Waals surface area contributed by atoms with Crippen LogP contribution in [0.1, 0.15) is 46.6 Å². The van der Waals surface area contributed by atoms with Gasteiger partial charge in [-0.05, 0) is 50.8 Å². The standard InChI is InChI=1S/C19H29NO4/c1-14(2)11-16(13-21)20(18(22)24-19(3,4)5)12-15-7-9-17(23-6)10-8-15/h7-10,13-14,16H,11-12H2,1-6H3/t16-/m0/s1. The van der Waals surface area contributed by atoms with E-state index in [9.17, 15) is 9.59 Å². The minimum Gasteiger partial charge on any atom is -0.497 e. The van der Waals surface area contributed by atoms with E-state index in [-0.39, 0.29) is 0 Å².